The summed E-state index contributed by atoms with van der Waals surface area (Å²) in [7, 11) is 0. The normalized spacial score (nSPS) is 19.9. The summed E-state index contributed by atoms with van der Waals surface area (Å²) in [5.41, 5.74) is 9.94. The van der Waals surface area contributed by atoms with Crippen molar-refractivity contribution in [3.63, 3.8) is 0 Å². The lowest BCUT2D eigenvalue weighted by Crippen LogP contribution is -2.26. The van der Waals surface area contributed by atoms with Gasteiger partial charge in [0.2, 0.25) is 0 Å². The molecule has 0 aromatic carbocycles. The summed E-state index contributed by atoms with van der Waals surface area (Å²) >= 11 is 0. The van der Waals surface area contributed by atoms with Gasteiger partial charge in [0.05, 0.1) is 0 Å². The molecule has 0 heteroatoms. The van der Waals surface area contributed by atoms with E-state index >= 15 is 0 Å². The van der Waals surface area contributed by atoms with Crippen molar-refractivity contribution in [1.29, 1.82) is 0 Å². The maximum Gasteiger partial charge on any atom is 0.00285 e. The number of rotatable bonds is 14. The van der Waals surface area contributed by atoms with Gasteiger partial charge in [0.15, 0.2) is 0 Å². The van der Waals surface area contributed by atoms with Gasteiger partial charge in [0.1, 0.15) is 0 Å². The van der Waals surface area contributed by atoms with Gasteiger partial charge in [-0.05, 0) is 99.3 Å². The molecule has 0 aromatic rings. The zero-order valence-corrected chi connectivity index (χ0v) is 27.5. The minimum absolute atomic E-state index is 0.345. The molecule has 0 nitrogen and oxygen atoms in total. The number of allylic oxidation sites excluding steroid dienone is 22. The van der Waals surface area contributed by atoms with Gasteiger partial charge in [-0.25, -0.2) is 0 Å². The number of hydrogen-bond acceptors (Lipinski definition) is 0. The third kappa shape index (κ3) is 16.3. The standard InChI is InChI=1S/C40H58/c1-32(2)18-13-21-35(5)24-15-26-36(6)25-14-22-33(3)19-11-12-20-34(4)23-16-27-37(7)29-30-39-38(8)28-17-31-40(39,9)10/h11-12,14,16,18-20,22-25,27-30,39H,13,15,17,21,26,31H2,1-10H3/b12-11+,22-14+,23-16+,30-29+,33-19+,34-20+,35-24+,36-25+,37-27+/t39-/m0/s1. The zero-order chi connectivity index (χ0) is 30.0. The van der Waals surface area contributed by atoms with Crippen molar-refractivity contribution in [3.05, 3.63) is 130 Å². The van der Waals surface area contributed by atoms with Gasteiger partial charge < -0.3 is 0 Å². The first-order chi connectivity index (χ1) is 18.9. The molecule has 0 spiro atoms. The second-order valence-corrected chi connectivity index (χ2v) is 12.6. The third-order valence-electron chi connectivity index (χ3n) is 7.55. The zero-order valence-electron chi connectivity index (χ0n) is 27.5. The second-order valence-electron chi connectivity index (χ2n) is 12.6. The highest BCUT2D eigenvalue weighted by atomic mass is 14.3. The molecule has 0 radical (unpaired) electrons. The molecular formula is C40H58. The SMILES string of the molecule is CC(C)=CCC/C(C)=C/CC/C(C)=C/C=C/C(C)=C/C=C/C=C(C)/C=C/C=C(C)/C=C/[C@H]1C(C)=CCCC1(C)C. The fourth-order valence-electron chi connectivity index (χ4n) is 4.85. The Balaban J connectivity index is 2.51. The number of hydrogen-bond donors (Lipinski definition) is 0. The molecule has 1 atom stereocenters. The molecule has 0 bridgehead atoms. The van der Waals surface area contributed by atoms with Gasteiger partial charge in [-0.15, -0.1) is 0 Å². The Morgan fingerprint density at radius 2 is 1.23 bits per heavy atom. The van der Waals surface area contributed by atoms with E-state index in [4.69, 9.17) is 0 Å². The summed E-state index contributed by atoms with van der Waals surface area (Å²) in [4.78, 5) is 0. The van der Waals surface area contributed by atoms with E-state index in [1.807, 2.05) is 0 Å². The summed E-state index contributed by atoms with van der Waals surface area (Å²) in [6, 6.07) is 0. The van der Waals surface area contributed by atoms with Crippen LogP contribution in [0.3, 0.4) is 0 Å². The highest BCUT2D eigenvalue weighted by molar-refractivity contribution is 5.32. The Morgan fingerprint density at radius 3 is 1.82 bits per heavy atom. The van der Waals surface area contributed by atoms with Crippen molar-refractivity contribution in [2.75, 3.05) is 0 Å². The van der Waals surface area contributed by atoms with Gasteiger partial charge in [0.25, 0.3) is 0 Å². The highest BCUT2D eigenvalue weighted by Gasteiger charge is 2.30. The lowest BCUT2D eigenvalue weighted by molar-refractivity contribution is 0.255. The summed E-state index contributed by atoms with van der Waals surface area (Å²) < 4.78 is 0. The average molecular weight is 539 g/mol. The molecular weight excluding hydrogens is 480 g/mol. The fraction of sp³-hybridized carbons (Fsp3) is 0.450. The van der Waals surface area contributed by atoms with Crippen molar-refractivity contribution in [2.45, 2.75) is 108 Å². The highest BCUT2D eigenvalue weighted by Crippen LogP contribution is 2.41. The van der Waals surface area contributed by atoms with Crippen molar-refractivity contribution in [1.82, 2.24) is 0 Å². The Morgan fingerprint density at radius 1 is 0.700 bits per heavy atom. The fourth-order valence-corrected chi connectivity index (χ4v) is 4.85. The van der Waals surface area contributed by atoms with Crippen LogP contribution in [0.15, 0.2) is 130 Å². The largest absolute Gasteiger partial charge is 0.0856 e. The van der Waals surface area contributed by atoms with Gasteiger partial charge in [-0.3, -0.25) is 0 Å². The van der Waals surface area contributed by atoms with E-state index in [-0.39, 0.29) is 0 Å². The van der Waals surface area contributed by atoms with E-state index in [1.165, 1.54) is 58.3 Å². The van der Waals surface area contributed by atoms with Crippen LogP contribution in [0.25, 0.3) is 0 Å². The maximum absolute atomic E-state index is 2.40. The summed E-state index contributed by atoms with van der Waals surface area (Å²) in [5, 5.41) is 0. The van der Waals surface area contributed by atoms with E-state index in [9.17, 15) is 0 Å². The molecule has 0 amide bonds. The van der Waals surface area contributed by atoms with E-state index in [0.717, 1.165) is 19.3 Å². The molecule has 1 rings (SSSR count). The Kier molecular flexibility index (Phi) is 16.9. The smallest absolute Gasteiger partial charge is 0.00285 e. The monoisotopic (exact) mass is 538 g/mol. The van der Waals surface area contributed by atoms with E-state index in [1.54, 1.807) is 0 Å². The first kappa shape index (κ1) is 35.2. The van der Waals surface area contributed by atoms with Gasteiger partial charge in [0, 0.05) is 5.92 Å². The second kappa shape index (κ2) is 19.3. The van der Waals surface area contributed by atoms with Crippen LogP contribution in [0.1, 0.15) is 108 Å². The summed E-state index contributed by atoms with van der Waals surface area (Å²) in [6.45, 7) is 22.3. The Bertz CT molecular complexity index is 1120. The average Bonchev–Trinajstić information content (AvgIpc) is 2.85. The van der Waals surface area contributed by atoms with E-state index in [2.05, 4.69) is 160 Å². The van der Waals surface area contributed by atoms with E-state index in [0.29, 0.717) is 11.3 Å². The predicted molar refractivity (Wildman–Crippen MR) is 184 cm³/mol. The van der Waals surface area contributed by atoms with Gasteiger partial charge in [-0.2, -0.15) is 0 Å². The lowest BCUT2D eigenvalue weighted by atomic mass is 9.68. The molecule has 1 aliphatic rings. The van der Waals surface area contributed by atoms with Crippen LogP contribution >= 0.6 is 0 Å². The van der Waals surface area contributed by atoms with Crippen LogP contribution in [0, 0.1) is 11.3 Å². The predicted octanol–water partition coefficient (Wildman–Crippen LogP) is 12.9. The molecule has 0 fully saturated rings. The Labute approximate surface area is 248 Å². The molecule has 0 N–H and O–H groups in total. The molecule has 0 saturated carbocycles. The molecule has 0 aliphatic heterocycles. The minimum Gasteiger partial charge on any atom is -0.0856 e. The third-order valence-corrected chi connectivity index (χ3v) is 7.55. The topological polar surface area (TPSA) is 0 Å². The van der Waals surface area contributed by atoms with Crippen LogP contribution in [0.4, 0.5) is 0 Å². The summed E-state index contributed by atoms with van der Waals surface area (Å²) in [6.07, 6.45) is 40.5. The van der Waals surface area contributed by atoms with Gasteiger partial charge >= 0.3 is 0 Å². The minimum atomic E-state index is 0.345. The van der Waals surface area contributed by atoms with Crippen molar-refractivity contribution < 1.29 is 0 Å². The Hall–Kier alpha value is -2.86. The first-order valence-corrected chi connectivity index (χ1v) is 15.2. The van der Waals surface area contributed by atoms with Crippen LogP contribution in [-0.4, -0.2) is 0 Å². The van der Waals surface area contributed by atoms with Crippen LogP contribution < -0.4 is 0 Å². The molecule has 1 aliphatic carbocycles. The molecule has 0 saturated heterocycles. The molecule has 218 valence electrons. The lowest BCUT2D eigenvalue weighted by Gasteiger charge is -2.36. The maximum atomic E-state index is 2.40. The van der Waals surface area contributed by atoms with Gasteiger partial charge in [-0.1, -0.05) is 144 Å². The van der Waals surface area contributed by atoms with Crippen LogP contribution in [0.2, 0.25) is 0 Å². The molecule has 0 heterocycles. The first-order valence-electron chi connectivity index (χ1n) is 15.2. The quantitative estimate of drug-likeness (QED) is 0.152. The summed E-state index contributed by atoms with van der Waals surface area (Å²) in [5.74, 6) is 0.533. The molecule has 0 unspecified atom stereocenters. The molecule has 0 aromatic heterocycles. The van der Waals surface area contributed by atoms with Crippen LogP contribution in [0.5, 0.6) is 0 Å². The molecule has 40 heavy (non-hydrogen) atoms. The van der Waals surface area contributed by atoms with Crippen LogP contribution in [-0.2, 0) is 0 Å². The van der Waals surface area contributed by atoms with Crippen molar-refractivity contribution in [2.24, 2.45) is 11.3 Å². The van der Waals surface area contributed by atoms with E-state index < -0.39 is 0 Å². The van der Waals surface area contributed by atoms with Crippen molar-refractivity contribution >= 4 is 0 Å². The van der Waals surface area contributed by atoms with Crippen molar-refractivity contribution in [3.8, 4) is 0 Å².